The molecule has 24 heavy (non-hydrogen) atoms. The number of piperazine rings is 1. The molecule has 0 radical (unpaired) electrons. The van der Waals surface area contributed by atoms with Crippen molar-refractivity contribution >= 4 is 11.3 Å². The molecule has 1 saturated heterocycles. The molecule has 0 aliphatic carbocycles. The molecule has 1 aliphatic rings. The van der Waals surface area contributed by atoms with Crippen molar-refractivity contribution in [3.63, 3.8) is 0 Å². The third-order valence-electron chi connectivity index (χ3n) is 4.59. The molecule has 0 saturated carbocycles. The highest BCUT2D eigenvalue weighted by atomic mass is 32.1. The number of aromatic nitrogens is 2. The number of hydrogen-bond donors (Lipinski definition) is 1. The van der Waals surface area contributed by atoms with E-state index in [1.54, 1.807) is 0 Å². The molecule has 1 fully saturated rings. The van der Waals surface area contributed by atoms with Crippen LogP contribution < -0.4 is 5.32 Å². The highest BCUT2D eigenvalue weighted by Crippen LogP contribution is 2.30. The molecule has 1 unspecified atom stereocenters. The van der Waals surface area contributed by atoms with Crippen LogP contribution in [0.4, 0.5) is 0 Å². The predicted molar refractivity (Wildman–Crippen MR) is 99.0 cm³/mol. The van der Waals surface area contributed by atoms with Gasteiger partial charge in [-0.05, 0) is 17.7 Å². The molecular weight excluding hydrogens is 316 g/mol. The fourth-order valence-corrected chi connectivity index (χ4v) is 4.35. The third kappa shape index (κ3) is 3.15. The van der Waals surface area contributed by atoms with Crippen LogP contribution in [0.2, 0.25) is 0 Å². The SMILES string of the molecule is Cn1ccnc1C1CNCCN1Cc1ccc(-c2ccccc2)s1. The van der Waals surface area contributed by atoms with Gasteiger partial charge in [-0.15, -0.1) is 11.3 Å². The Kier molecular flexibility index (Phi) is 4.47. The van der Waals surface area contributed by atoms with E-state index < -0.39 is 0 Å². The first-order valence-corrected chi connectivity index (χ1v) is 9.19. The molecule has 124 valence electrons. The van der Waals surface area contributed by atoms with Crippen LogP contribution in [0.1, 0.15) is 16.7 Å². The lowest BCUT2D eigenvalue weighted by Crippen LogP contribution is -2.46. The molecule has 4 rings (SSSR count). The van der Waals surface area contributed by atoms with Gasteiger partial charge in [-0.2, -0.15) is 0 Å². The first kappa shape index (κ1) is 15.6. The Morgan fingerprint density at radius 2 is 2.08 bits per heavy atom. The van der Waals surface area contributed by atoms with Crippen molar-refractivity contribution in [1.82, 2.24) is 19.8 Å². The number of rotatable bonds is 4. The smallest absolute Gasteiger partial charge is 0.127 e. The Morgan fingerprint density at radius 3 is 2.88 bits per heavy atom. The summed E-state index contributed by atoms with van der Waals surface area (Å²) in [6, 6.07) is 15.5. The average molecular weight is 338 g/mol. The van der Waals surface area contributed by atoms with Gasteiger partial charge in [0, 0.05) is 55.4 Å². The summed E-state index contributed by atoms with van der Waals surface area (Å²) in [5, 5.41) is 3.51. The van der Waals surface area contributed by atoms with Gasteiger partial charge in [0.25, 0.3) is 0 Å². The van der Waals surface area contributed by atoms with Crippen molar-refractivity contribution in [2.45, 2.75) is 12.6 Å². The molecular formula is C19H22N4S. The molecule has 1 aromatic carbocycles. The van der Waals surface area contributed by atoms with Crippen molar-refractivity contribution in [3.05, 3.63) is 65.6 Å². The van der Waals surface area contributed by atoms with Gasteiger partial charge in [0.1, 0.15) is 5.82 Å². The number of thiophene rings is 1. The molecule has 2 aromatic heterocycles. The van der Waals surface area contributed by atoms with Crippen molar-refractivity contribution in [2.24, 2.45) is 7.05 Å². The zero-order chi connectivity index (χ0) is 16.4. The lowest BCUT2D eigenvalue weighted by molar-refractivity contribution is 0.146. The van der Waals surface area contributed by atoms with Gasteiger partial charge in [0.2, 0.25) is 0 Å². The average Bonchev–Trinajstić information content (AvgIpc) is 3.25. The van der Waals surface area contributed by atoms with Crippen molar-refractivity contribution in [2.75, 3.05) is 19.6 Å². The summed E-state index contributed by atoms with van der Waals surface area (Å²) >= 11 is 1.89. The molecule has 0 amide bonds. The second-order valence-corrected chi connectivity index (χ2v) is 7.39. The maximum Gasteiger partial charge on any atom is 0.127 e. The first-order valence-electron chi connectivity index (χ1n) is 8.37. The lowest BCUT2D eigenvalue weighted by atomic mass is 10.1. The monoisotopic (exact) mass is 338 g/mol. The van der Waals surface area contributed by atoms with E-state index in [1.807, 2.05) is 23.7 Å². The number of imidazole rings is 1. The van der Waals surface area contributed by atoms with Crippen LogP contribution in [0.25, 0.3) is 10.4 Å². The minimum atomic E-state index is 0.334. The molecule has 1 aliphatic heterocycles. The summed E-state index contributed by atoms with van der Waals surface area (Å²) in [6.45, 7) is 4.03. The van der Waals surface area contributed by atoms with E-state index in [1.165, 1.54) is 15.3 Å². The van der Waals surface area contributed by atoms with Crippen molar-refractivity contribution < 1.29 is 0 Å². The van der Waals surface area contributed by atoms with Crippen LogP contribution in [0.3, 0.4) is 0 Å². The topological polar surface area (TPSA) is 33.1 Å². The van der Waals surface area contributed by atoms with E-state index in [9.17, 15) is 0 Å². The van der Waals surface area contributed by atoms with Gasteiger partial charge in [0.05, 0.1) is 6.04 Å². The quantitative estimate of drug-likeness (QED) is 0.792. The van der Waals surface area contributed by atoms with Gasteiger partial charge in [-0.25, -0.2) is 4.98 Å². The van der Waals surface area contributed by atoms with E-state index in [-0.39, 0.29) is 0 Å². The number of nitrogens with zero attached hydrogens (tertiary/aromatic N) is 3. The molecule has 4 nitrogen and oxygen atoms in total. The van der Waals surface area contributed by atoms with Crippen molar-refractivity contribution in [3.8, 4) is 10.4 Å². The maximum absolute atomic E-state index is 4.57. The molecule has 3 heterocycles. The predicted octanol–water partition coefficient (Wildman–Crippen LogP) is 3.30. The Balaban J connectivity index is 1.53. The zero-order valence-electron chi connectivity index (χ0n) is 13.9. The summed E-state index contributed by atoms with van der Waals surface area (Å²) in [4.78, 5) is 9.86. The zero-order valence-corrected chi connectivity index (χ0v) is 14.7. The molecule has 3 aromatic rings. The molecule has 1 atom stereocenters. The molecule has 5 heteroatoms. The summed E-state index contributed by atoms with van der Waals surface area (Å²) in [7, 11) is 2.08. The van der Waals surface area contributed by atoms with Gasteiger partial charge < -0.3 is 9.88 Å². The van der Waals surface area contributed by atoms with E-state index in [2.05, 4.69) is 69.3 Å². The number of aryl methyl sites for hydroxylation is 1. The van der Waals surface area contributed by atoms with E-state index in [0.717, 1.165) is 32.0 Å². The van der Waals surface area contributed by atoms with Crippen LogP contribution in [-0.2, 0) is 13.6 Å². The van der Waals surface area contributed by atoms with Crippen molar-refractivity contribution in [1.29, 1.82) is 0 Å². The van der Waals surface area contributed by atoms with Crippen LogP contribution in [-0.4, -0.2) is 34.1 Å². The summed E-state index contributed by atoms with van der Waals surface area (Å²) < 4.78 is 2.13. The maximum atomic E-state index is 4.57. The van der Waals surface area contributed by atoms with Gasteiger partial charge >= 0.3 is 0 Å². The standard InChI is InChI=1S/C19H22N4S/c1-22-11-10-21-19(22)17-13-20-9-12-23(17)14-16-7-8-18(24-16)15-5-3-2-4-6-15/h2-8,10-11,17,20H,9,12-14H2,1H3. The number of nitrogens with one attached hydrogen (secondary N) is 1. The summed E-state index contributed by atoms with van der Waals surface area (Å²) in [5.41, 5.74) is 1.30. The fourth-order valence-electron chi connectivity index (χ4n) is 3.31. The van der Waals surface area contributed by atoms with Crippen LogP contribution in [0, 0.1) is 0 Å². The second-order valence-electron chi connectivity index (χ2n) is 6.22. The Bertz CT molecular complexity index is 793. The summed E-state index contributed by atoms with van der Waals surface area (Å²) in [5.74, 6) is 1.14. The highest BCUT2D eigenvalue weighted by Gasteiger charge is 2.27. The molecule has 0 bridgehead atoms. The Morgan fingerprint density at radius 1 is 1.21 bits per heavy atom. The Labute approximate surface area is 146 Å². The van der Waals surface area contributed by atoms with Gasteiger partial charge in [-0.3, -0.25) is 4.90 Å². The van der Waals surface area contributed by atoms with Gasteiger partial charge in [0.15, 0.2) is 0 Å². The van der Waals surface area contributed by atoms with E-state index >= 15 is 0 Å². The molecule has 0 spiro atoms. The van der Waals surface area contributed by atoms with Crippen LogP contribution in [0.5, 0.6) is 0 Å². The Hall–Kier alpha value is -1.95. The first-order chi connectivity index (χ1) is 11.8. The highest BCUT2D eigenvalue weighted by molar-refractivity contribution is 7.15. The third-order valence-corrected chi connectivity index (χ3v) is 5.71. The van der Waals surface area contributed by atoms with Gasteiger partial charge in [-0.1, -0.05) is 30.3 Å². The van der Waals surface area contributed by atoms with Crippen LogP contribution >= 0.6 is 11.3 Å². The largest absolute Gasteiger partial charge is 0.337 e. The van der Waals surface area contributed by atoms with E-state index in [4.69, 9.17) is 0 Å². The summed E-state index contributed by atoms with van der Waals surface area (Å²) in [6.07, 6.45) is 3.92. The minimum absolute atomic E-state index is 0.334. The van der Waals surface area contributed by atoms with Crippen LogP contribution in [0.15, 0.2) is 54.9 Å². The van der Waals surface area contributed by atoms with E-state index in [0.29, 0.717) is 6.04 Å². The fraction of sp³-hybridized carbons (Fsp3) is 0.316. The lowest BCUT2D eigenvalue weighted by Gasteiger charge is -2.35. The second kappa shape index (κ2) is 6.89. The number of hydrogen-bond acceptors (Lipinski definition) is 4. The minimum Gasteiger partial charge on any atom is -0.337 e. The normalized spacial score (nSPS) is 18.8. The number of benzene rings is 1. The molecule has 1 N–H and O–H groups in total.